The van der Waals surface area contributed by atoms with E-state index < -0.39 is 23.2 Å². The molecule has 154 valence electrons. The van der Waals surface area contributed by atoms with Crippen molar-refractivity contribution in [2.75, 3.05) is 7.11 Å². The molecule has 3 aromatic rings. The van der Waals surface area contributed by atoms with Crippen LogP contribution in [-0.4, -0.2) is 27.0 Å². The molecule has 0 aliphatic carbocycles. The molecule has 0 bridgehead atoms. The lowest BCUT2D eigenvalue weighted by Crippen LogP contribution is -2.22. The van der Waals surface area contributed by atoms with Crippen molar-refractivity contribution in [1.29, 1.82) is 5.26 Å². The molecule has 0 spiro atoms. The van der Waals surface area contributed by atoms with Gasteiger partial charge in [-0.15, -0.1) is 0 Å². The second-order valence-corrected chi connectivity index (χ2v) is 6.20. The molecule has 0 saturated heterocycles. The number of H-pyrrole nitrogens is 1. The highest BCUT2D eigenvalue weighted by Gasteiger charge is 2.39. The third kappa shape index (κ3) is 4.66. The Morgan fingerprint density at radius 2 is 1.97 bits per heavy atom. The number of aromatic amines is 1. The number of hydrogen-bond donors (Lipinski definition) is 1. The van der Waals surface area contributed by atoms with Crippen molar-refractivity contribution in [3.8, 4) is 23.4 Å². The molecule has 2 aromatic heterocycles. The lowest BCUT2D eigenvalue weighted by molar-refractivity contribution is -0.142. The largest absolute Gasteiger partial charge is 0.480 e. The van der Waals surface area contributed by atoms with Crippen molar-refractivity contribution in [1.82, 2.24) is 19.9 Å². The van der Waals surface area contributed by atoms with Crippen molar-refractivity contribution < 1.29 is 22.6 Å². The molecule has 3 rings (SSSR count). The third-order valence-corrected chi connectivity index (χ3v) is 3.90. The average Bonchev–Trinajstić information content (AvgIpc) is 2.69. The summed E-state index contributed by atoms with van der Waals surface area (Å²) < 4.78 is 50.9. The van der Waals surface area contributed by atoms with E-state index in [9.17, 15) is 18.0 Å². The van der Waals surface area contributed by atoms with Crippen LogP contribution < -0.4 is 15.0 Å². The number of benzene rings is 1. The van der Waals surface area contributed by atoms with E-state index in [1.807, 2.05) is 0 Å². The zero-order valence-corrected chi connectivity index (χ0v) is 15.9. The molecule has 0 radical (unpaired) electrons. The van der Waals surface area contributed by atoms with E-state index in [0.29, 0.717) is 0 Å². The zero-order valence-electron chi connectivity index (χ0n) is 15.1. The van der Waals surface area contributed by atoms with Gasteiger partial charge in [-0.1, -0.05) is 11.6 Å². The Morgan fingerprint density at radius 1 is 1.23 bits per heavy atom. The Labute approximate surface area is 171 Å². The number of rotatable bonds is 5. The molecule has 2 heterocycles. The van der Waals surface area contributed by atoms with Gasteiger partial charge in [-0.3, -0.25) is 9.78 Å². The summed E-state index contributed by atoms with van der Waals surface area (Å²) in [6, 6.07) is 5.39. The van der Waals surface area contributed by atoms with Crippen LogP contribution >= 0.6 is 11.6 Å². The highest BCUT2D eigenvalue weighted by molar-refractivity contribution is 6.30. The van der Waals surface area contributed by atoms with Crippen molar-refractivity contribution in [3.63, 3.8) is 0 Å². The van der Waals surface area contributed by atoms with Gasteiger partial charge in [0.25, 0.3) is 5.56 Å². The number of hydrogen-bond acceptors (Lipinski definition) is 7. The first-order chi connectivity index (χ1) is 14.2. The minimum absolute atomic E-state index is 0.0433. The molecule has 1 N–H and O–H groups in total. The fraction of sp³-hybridized carbons (Fsp3) is 0.167. The van der Waals surface area contributed by atoms with Crippen molar-refractivity contribution in [2.24, 2.45) is 0 Å². The molecule has 0 saturated carbocycles. The van der Waals surface area contributed by atoms with Crippen LogP contribution in [0.25, 0.3) is 0 Å². The summed E-state index contributed by atoms with van der Waals surface area (Å²) in [6.45, 7) is 0. The summed E-state index contributed by atoms with van der Waals surface area (Å²) in [5.74, 6) is -1.54. The Balaban J connectivity index is 2.06. The van der Waals surface area contributed by atoms with Crippen LogP contribution in [0.15, 0.2) is 35.4 Å². The van der Waals surface area contributed by atoms with Crippen LogP contribution in [0.3, 0.4) is 0 Å². The number of nitrogens with zero attached hydrogens (tertiary/aromatic N) is 4. The molecule has 30 heavy (non-hydrogen) atoms. The van der Waals surface area contributed by atoms with Gasteiger partial charge < -0.3 is 14.5 Å². The van der Waals surface area contributed by atoms with Crippen LogP contribution in [0.4, 0.5) is 13.2 Å². The van der Waals surface area contributed by atoms with Crippen LogP contribution in [0.1, 0.15) is 22.8 Å². The molecule has 0 atom stereocenters. The summed E-state index contributed by atoms with van der Waals surface area (Å²) >= 11 is 5.83. The molecule has 8 nitrogen and oxygen atoms in total. The van der Waals surface area contributed by atoms with Crippen molar-refractivity contribution in [3.05, 3.63) is 68.7 Å². The lowest BCUT2D eigenvalue weighted by Gasteiger charge is -2.14. The second kappa shape index (κ2) is 8.38. The van der Waals surface area contributed by atoms with Gasteiger partial charge in [-0.05, 0) is 18.2 Å². The predicted octanol–water partition coefficient (Wildman–Crippen LogP) is 3.50. The molecule has 0 fully saturated rings. The molecular weight excluding hydrogens is 427 g/mol. The van der Waals surface area contributed by atoms with Gasteiger partial charge >= 0.3 is 6.18 Å². The molecular formula is C18H11ClF3N5O3. The van der Waals surface area contributed by atoms with Gasteiger partial charge in [0.15, 0.2) is 5.69 Å². The maximum atomic E-state index is 13.6. The molecule has 0 aliphatic rings. The normalized spacial score (nSPS) is 11.1. The third-order valence-electron chi connectivity index (χ3n) is 3.68. The number of nitrogens with one attached hydrogen (secondary N) is 1. The Hall–Kier alpha value is -3.65. The lowest BCUT2D eigenvalue weighted by atomic mass is 10.2. The van der Waals surface area contributed by atoms with Crippen molar-refractivity contribution >= 4 is 11.6 Å². The Morgan fingerprint density at radius 3 is 2.63 bits per heavy atom. The van der Waals surface area contributed by atoms with E-state index >= 15 is 0 Å². The first-order valence-electron chi connectivity index (χ1n) is 8.14. The van der Waals surface area contributed by atoms with Crippen molar-refractivity contribution in [2.45, 2.75) is 12.6 Å². The smallest absolute Gasteiger partial charge is 0.437 e. The minimum Gasteiger partial charge on any atom is -0.480 e. The fourth-order valence-corrected chi connectivity index (χ4v) is 2.71. The number of alkyl halides is 3. The maximum absolute atomic E-state index is 13.6. The Kier molecular flexibility index (Phi) is 5.89. The predicted molar refractivity (Wildman–Crippen MR) is 97.5 cm³/mol. The molecule has 0 unspecified atom stereocenters. The molecule has 0 aliphatic heterocycles. The summed E-state index contributed by atoms with van der Waals surface area (Å²) in [7, 11) is 1.32. The number of methoxy groups -OCH3 is 1. The average molecular weight is 438 g/mol. The van der Waals surface area contributed by atoms with Gasteiger partial charge in [0.05, 0.1) is 25.2 Å². The van der Waals surface area contributed by atoms with E-state index in [-0.39, 0.29) is 40.2 Å². The molecule has 1 aromatic carbocycles. The van der Waals surface area contributed by atoms with E-state index in [1.165, 1.54) is 31.6 Å². The van der Waals surface area contributed by atoms with Crippen LogP contribution in [0, 0.1) is 11.3 Å². The topological polar surface area (TPSA) is 114 Å². The molecule has 0 amide bonds. The Bertz CT molecular complexity index is 1190. The van der Waals surface area contributed by atoms with Crippen LogP contribution in [0.2, 0.25) is 5.02 Å². The van der Waals surface area contributed by atoms with Crippen LogP contribution in [0.5, 0.6) is 17.4 Å². The second-order valence-electron chi connectivity index (χ2n) is 5.77. The van der Waals surface area contributed by atoms with E-state index in [2.05, 4.69) is 19.9 Å². The van der Waals surface area contributed by atoms with Crippen LogP contribution in [-0.2, 0) is 12.6 Å². The van der Waals surface area contributed by atoms with E-state index in [1.54, 1.807) is 6.07 Å². The number of halogens is 4. The van der Waals surface area contributed by atoms with E-state index in [0.717, 1.165) is 6.07 Å². The van der Waals surface area contributed by atoms with Gasteiger partial charge in [-0.25, -0.2) is 9.97 Å². The quantitative estimate of drug-likeness (QED) is 0.649. The standard InChI is InChI=1S/C18H11ClF3N5O3/c1-29-17-12(24-2-3-25-17)7-13-26-15(18(20,21)22)14(16(28)27-13)30-11-5-9(8-23)4-10(19)6-11/h2-6H,7H2,1H3,(H,26,27,28). The summed E-state index contributed by atoms with van der Waals surface area (Å²) in [4.78, 5) is 26.0. The van der Waals surface area contributed by atoms with Gasteiger partial charge in [0.1, 0.15) is 17.3 Å². The first kappa shape index (κ1) is 21.1. The minimum atomic E-state index is -5.00. The number of nitriles is 1. The number of ether oxygens (including phenoxy) is 2. The summed E-state index contributed by atoms with van der Waals surface area (Å²) in [6.07, 6.45) is -2.60. The van der Waals surface area contributed by atoms with E-state index in [4.69, 9.17) is 26.3 Å². The maximum Gasteiger partial charge on any atom is 0.437 e. The zero-order chi connectivity index (χ0) is 21.9. The van der Waals surface area contributed by atoms with Gasteiger partial charge in [0.2, 0.25) is 11.6 Å². The fourth-order valence-electron chi connectivity index (χ4n) is 2.49. The number of aromatic nitrogens is 4. The summed E-state index contributed by atoms with van der Waals surface area (Å²) in [5.41, 5.74) is -2.49. The first-order valence-corrected chi connectivity index (χ1v) is 8.52. The highest BCUT2D eigenvalue weighted by Crippen LogP contribution is 2.35. The highest BCUT2D eigenvalue weighted by atomic mass is 35.5. The monoisotopic (exact) mass is 437 g/mol. The molecule has 12 heteroatoms. The summed E-state index contributed by atoms with van der Waals surface area (Å²) in [5, 5.41) is 9.01. The van der Waals surface area contributed by atoms with Gasteiger partial charge in [0, 0.05) is 17.4 Å². The SMILES string of the molecule is COc1nccnc1Cc1nc(C(F)(F)F)c(Oc2cc(Cl)cc(C#N)c2)c(=O)[nH]1. The van der Waals surface area contributed by atoms with Gasteiger partial charge in [-0.2, -0.15) is 18.4 Å².